The third kappa shape index (κ3) is 5.25. The van der Waals surface area contributed by atoms with Crippen LogP contribution in [-0.2, 0) is 4.79 Å². The topological polar surface area (TPSA) is 69.7 Å². The number of hydrogen-bond acceptors (Lipinski definition) is 6. The fourth-order valence-corrected chi connectivity index (χ4v) is 4.11. The van der Waals surface area contributed by atoms with Gasteiger partial charge in [0.25, 0.3) is 17.1 Å². The van der Waals surface area contributed by atoms with Gasteiger partial charge < -0.3 is 10.2 Å². The van der Waals surface area contributed by atoms with Crippen molar-refractivity contribution in [3.05, 3.63) is 64.6 Å². The van der Waals surface area contributed by atoms with Crippen LogP contribution in [0.2, 0.25) is 0 Å². The third-order valence-corrected chi connectivity index (χ3v) is 6.20. The molecule has 0 aromatic heterocycles. The first-order chi connectivity index (χ1) is 14.4. The van der Waals surface area contributed by atoms with Crippen LogP contribution in [0.15, 0.2) is 58.3 Å². The van der Waals surface area contributed by atoms with Gasteiger partial charge in [-0.25, -0.2) is 0 Å². The molecule has 0 atom stereocenters. The number of hydrogen-bond donors (Lipinski definition) is 1. The average molecular weight is 442 g/mol. The van der Waals surface area contributed by atoms with E-state index in [2.05, 4.69) is 5.32 Å². The van der Waals surface area contributed by atoms with Crippen molar-refractivity contribution in [2.45, 2.75) is 4.90 Å². The van der Waals surface area contributed by atoms with Gasteiger partial charge >= 0.3 is 0 Å². The maximum absolute atomic E-state index is 12.6. The highest BCUT2D eigenvalue weighted by atomic mass is 32.2. The predicted molar refractivity (Wildman–Crippen MR) is 124 cm³/mol. The first-order valence-corrected chi connectivity index (χ1v) is 11.4. The van der Waals surface area contributed by atoms with Crippen LogP contribution in [0.1, 0.15) is 15.9 Å². The second-order valence-corrected chi connectivity index (χ2v) is 8.68. The normalized spacial score (nSPS) is 15.0. The molecular formula is C22H23N3O3S2. The third-order valence-electron chi connectivity index (χ3n) is 4.55. The van der Waals surface area contributed by atoms with Gasteiger partial charge in [-0.2, -0.15) is 0 Å². The zero-order valence-corrected chi connectivity index (χ0v) is 18.7. The summed E-state index contributed by atoms with van der Waals surface area (Å²) in [5.41, 5.74) is 2.40. The van der Waals surface area contributed by atoms with E-state index >= 15 is 0 Å². The number of rotatable bonds is 7. The molecule has 0 unspecified atom stereocenters. The van der Waals surface area contributed by atoms with Crippen molar-refractivity contribution in [1.82, 2.24) is 10.2 Å². The van der Waals surface area contributed by atoms with Gasteiger partial charge in [0.1, 0.15) is 0 Å². The second kappa shape index (κ2) is 9.86. The highest BCUT2D eigenvalue weighted by Gasteiger charge is 2.34. The summed E-state index contributed by atoms with van der Waals surface area (Å²) >= 11 is 2.56. The lowest BCUT2D eigenvalue weighted by Gasteiger charge is -2.14. The Morgan fingerprint density at radius 2 is 1.77 bits per heavy atom. The Hall–Kier alpha value is -2.71. The molecule has 3 rings (SSSR count). The Labute approximate surface area is 184 Å². The van der Waals surface area contributed by atoms with Gasteiger partial charge in [0.05, 0.1) is 4.91 Å². The van der Waals surface area contributed by atoms with Crippen molar-refractivity contribution in [1.29, 1.82) is 0 Å². The monoisotopic (exact) mass is 441 g/mol. The Morgan fingerprint density at radius 3 is 2.37 bits per heavy atom. The minimum Gasteiger partial charge on any atom is -0.378 e. The van der Waals surface area contributed by atoms with E-state index in [4.69, 9.17) is 0 Å². The number of amides is 3. The molecule has 3 amide bonds. The highest BCUT2D eigenvalue weighted by Crippen LogP contribution is 2.32. The maximum atomic E-state index is 12.6. The molecular weight excluding hydrogens is 418 g/mol. The van der Waals surface area contributed by atoms with E-state index in [-0.39, 0.29) is 30.1 Å². The lowest BCUT2D eigenvalue weighted by atomic mass is 10.2. The first-order valence-electron chi connectivity index (χ1n) is 9.34. The minimum absolute atomic E-state index is 0.134. The number of nitrogens with zero attached hydrogens (tertiary/aromatic N) is 2. The lowest BCUT2D eigenvalue weighted by molar-refractivity contribution is -0.122. The molecule has 2 aromatic carbocycles. The molecule has 30 heavy (non-hydrogen) atoms. The summed E-state index contributed by atoms with van der Waals surface area (Å²) in [6.45, 7) is 0.330. The summed E-state index contributed by atoms with van der Waals surface area (Å²) in [5, 5.41) is 2.44. The molecule has 2 aromatic rings. The lowest BCUT2D eigenvalue weighted by Crippen LogP contribution is -2.37. The number of benzene rings is 2. The fraction of sp³-hybridized carbons (Fsp3) is 0.227. The summed E-state index contributed by atoms with van der Waals surface area (Å²) in [7, 11) is 3.86. The van der Waals surface area contributed by atoms with E-state index in [1.54, 1.807) is 30.0 Å². The number of carbonyl (C=O) groups is 3. The number of imide groups is 1. The molecule has 1 saturated heterocycles. The molecule has 0 saturated carbocycles. The molecule has 1 fully saturated rings. The molecule has 1 heterocycles. The summed E-state index contributed by atoms with van der Waals surface area (Å²) in [5.74, 6) is -0.569. The molecule has 1 N–H and O–H groups in total. The van der Waals surface area contributed by atoms with Crippen molar-refractivity contribution < 1.29 is 14.4 Å². The summed E-state index contributed by atoms with van der Waals surface area (Å²) < 4.78 is 0. The van der Waals surface area contributed by atoms with E-state index in [1.165, 1.54) is 4.90 Å². The molecule has 1 aliphatic rings. The zero-order valence-electron chi connectivity index (χ0n) is 17.0. The maximum Gasteiger partial charge on any atom is 0.293 e. The van der Waals surface area contributed by atoms with Crippen LogP contribution in [-0.4, -0.2) is 55.4 Å². The number of carbonyl (C=O) groups excluding carboxylic acids is 3. The van der Waals surface area contributed by atoms with Crippen LogP contribution in [0.3, 0.4) is 0 Å². The van der Waals surface area contributed by atoms with Crippen molar-refractivity contribution in [3.63, 3.8) is 0 Å². The van der Waals surface area contributed by atoms with Gasteiger partial charge in [0.2, 0.25) is 0 Å². The van der Waals surface area contributed by atoms with E-state index in [0.717, 1.165) is 27.9 Å². The zero-order chi connectivity index (χ0) is 21.7. The van der Waals surface area contributed by atoms with Crippen LogP contribution in [0.25, 0.3) is 6.08 Å². The SMILES string of the molecule is CSc1ccc(C=C2SC(=O)N(CCNC(=O)c3ccc(N(C)C)cc3)C2=O)cc1. The van der Waals surface area contributed by atoms with E-state index in [1.807, 2.05) is 61.6 Å². The van der Waals surface area contributed by atoms with Gasteiger partial charge in [-0.15, -0.1) is 11.8 Å². The number of anilines is 1. The fourth-order valence-electron chi connectivity index (χ4n) is 2.84. The Kier molecular flexibility index (Phi) is 7.23. The molecule has 0 aliphatic carbocycles. The smallest absolute Gasteiger partial charge is 0.293 e. The predicted octanol–water partition coefficient (Wildman–Crippen LogP) is 3.94. The Morgan fingerprint density at radius 1 is 1.10 bits per heavy atom. The van der Waals surface area contributed by atoms with Crippen LogP contribution in [0.5, 0.6) is 0 Å². The Bertz CT molecular complexity index is 970. The molecule has 0 bridgehead atoms. The number of thioether (sulfide) groups is 2. The van der Waals surface area contributed by atoms with Crippen molar-refractivity contribution in [2.75, 3.05) is 38.3 Å². The van der Waals surface area contributed by atoms with Crippen LogP contribution >= 0.6 is 23.5 Å². The van der Waals surface area contributed by atoms with Gasteiger partial charge in [-0.1, -0.05) is 12.1 Å². The standard InChI is InChI=1S/C22H23N3O3S2/c1-24(2)17-8-6-16(7-9-17)20(26)23-12-13-25-21(27)19(30-22(25)28)14-15-4-10-18(29-3)11-5-15/h4-11,14H,12-13H2,1-3H3,(H,23,26). The summed E-state index contributed by atoms with van der Waals surface area (Å²) in [6, 6.07) is 15.0. The van der Waals surface area contributed by atoms with E-state index in [0.29, 0.717) is 10.5 Å². The van der Waals surface area contributed by atoms with Crippen LogP contribution in [0, 0.1) is 0 Å². The quantitative estimate of drug-likeness (QED) is 0.518. The van der Waals surface area contributed by atoms with E-state index < -0.39 is 0 Å². The molecule has 0 spiro atoms. The van der Waals surface area contributed by atoms with Crippen molar-refractivity contribution in [3.8, 4) is 0 Å². The number of nitrogens with one attached hydrogen (secondary N) is 1. The molecule has 1 aliphatic heterocycles. The van der Waals surface area contributed by atoms with Gasteiger partial charge in [-0.3, -0.25) is 19.3 Å². The molecule has 156 valence electrons. The highest BCUT2D eigenvalue weighted by molar-refractivity contribution is 8.18. The van der Waals surface area contributed by atoms with Gasteiger partial charge in [0.15, 0.2) is 0 Å². The van der Waals surface area contributed by atoms with Crippen LogP contribution in [0.4, 0.5) is 10.5 Å². The summed E-state index contributed by atoms with van der Waals surface area (Å²) in [6.07, 6.45) is 3.72. The van der Waals surface area contributed by atoms with E-state index in [9.17, 15) is 14.4 Å². The largest absolute Gasteiger partial charge is 0.378 e. The summed E-state index contributed by atoms with van der Waals surface area (Å²) in [4.78, 5) is 41.8. The van der Waals surface area contributed by atoms with Crippen LogP contribution < -0.4 is 10.2 Å². The molecule has 0 radical (unpaired) electrons. The minimum atomic E-state index is -0.330. The first kappa shape index (κ1) is 22.0. The Balaban J connectivity index is 1.56. The molecule has 6 nitrogen and oxygen atoms in total. The van der Waals surface area contributed by atoms with Crippen molar-refractivity contribution >= 4 is 52.3 Å². The van der Waals surface area contributed by atoms with Gasteiger partial charge in [0, 0.05) is 43.3 Å². The van der Waals surface area contributed by atoms with Crippen molar-refractivity contribution in [2.24, 2.45) is 0 Å². The second-order valence-electron chi connectivity index (χ2n) is 6.80. The molecule has 8 heteroatoms. The average Bonchev–Trinajstić information content (AvgIpc) is 3.01. The van der Waals surface area contributed by atoms with Gasteiger partial charge in [-0.05, 0) is 66.1 Å².